The zero-order chi connectivity index (χ0) is 13.0. The molecule has 0 amide bonds. The maximum Gasteiger partial charge on any atom is 0.308 e. The number of rotatable bonds is 4. The van der Waals surface area contributed by atoms with E-state index in [1.807, 2.05) is 0 Å². The molecule has 2 unspecified atom stereocenters. The van der Waals surface area contributed by atoms with E-state index in [-0.39, 0.29) is 12.0 Å². The molecule has 0 bridgehead atoms. The Morgan fingerprint density at radius 1 is 1.47 bits per heavy atom. The van der Waals surface area contributed by atoms with Gasteiger partial charge in [0.1, 0.15) is 6.10 Å². The zero-order valence-corrected chi connectivity index (χ0v) is 9.64. The summed E-state index contributed by atoms with van der Waals surface area (Å²) in [5, 5.41) is 19.4. The van der Waals surface area contributed by atoms with Crippen molar-refractivity contribution in [3.63, 3.8) is 0 Å². The van der Waals surface area contributed by atoms with Crippen molar-refractivity contribution in [3.8, 4) is 0 Å². The van der Waals surface area contributed by atoms with Crippen LogP contribution in [0.3, 0.4) is 0 Å². The fraction of sp³-hybridized carbons (Fsp3) is 0.455. The standard InChI is InChI=1S/C11H15NO5/c1-6-7(3-4-9(14)12-6)11(16)8(13)5-10(15)17-2/h3-4,8,11,13,16H,5H2,1-2H3,(H,12,14). The molecule has 0 fully saturated rings. The van der Waals surface area contributed by atoms with Gasteiger partial charge in [0.15, 0.2) is 0 Å². The third-order valence-corrected chi connectivity index (χ3v) is 2.44. The van der Waals surface area contributed by atoms with Gasteiger partial charge in [0, 0.05) is 17.3 Å². The predicted molar refractivity (Wildman–Crippen MR) is 59.4 cm³/mol. The molecule has 0 aliphatic heterocycles. The van der Waals surface area contributed by atoms with E-state index in [1.54, 1.807) is 6.92 Å². The summed E-state index contributed by atoms with van der Waals surface area (Å²) in [6.07, 6.45) is -2.83. The molecule has 2 atom stereocenters. The molecule has 0 saturated carbocycles. The highest BCUT2D eigenvalue weighted by atomic mass is 16.5. The number of hydrogen-bond acceptors (Lipinski definition) is 5. The Balaban J connectivity index is 2.84. The van der Waals surface area contributed by atoms with E-state index < -0.39 is 18.2 Å². The van der Waals surface area contributed by atoms with Crippen LogP contribution in [0, 0.1) is 6.92 Å². The van der Waals surface area contributed by atoms with Crippen LogP contribution in [-0.4, -0.2) is 34.4 Å². The molecule has 0 radical (unpaired) electrons. The number of esters is 1. The smallest absolute Gasteiger partial charge is 0.308 e. The summed E-state index contributed by atoms with van der Waals surface area (Å²) in [5.41, 5.74) is 0.538. The molecular weight excluding hydrogens is 226 g/mol. The number of hydrogen-bond donors (Lipinski definition) is 3. The number of aryl methyl sites for hydroxylation is 1. The minimum absolute atomic E-state index is 0.291. The highest BCUT2D eigenvalue weighted by Gasteiger charge is 2.23. The van der Waals surface area contributed by atoms with Gasteiger partial charge in [-0.15, -0.1) is 0 Å². The molecule has 1 heterocycles. The number of pyridine rings is 1. The molecule has 6 heteroatoms. The molecule has 0 spiro atoms. The second-order valence-electron chi connectivity index (χ2n) is 3.70. The Kier molecular flexibility index (Phi) is 4.42. The van der Waals surface area contributed by atoms with Crippen LogP contribution in [0.1, 0.15) is 23.8 Å². The molecule has 1 rings (SSSR count). The number of nitrogens with one attached hydrogen (secondary N) is 1. The summed E-state index contributed by atoms with van der Waals surface area (Å²) in [7, 11) is 1.20. The SMILES string of the molecule is COC(=O)CC(O)C(O)c1ccc(=O)[nH]c1C. The van der Waals surface area contributed by atoms with Crippen molar-refractivity contribution in [2.24, 2.45) is 0 Å². The summed E-state index contributed by atoms with van der Waals surface area (Å²) in [4.78, 5) is 24.4. The van der Waals surface area contributed by atoms with E-state index in [9.17, 15) is 19.8 Å². The van der Waals surface area contributed by atoms with Gasteiger partial charge in [-0.05, 0) is 13.0 Å². The topological polar surface area (TPSA) is 99.6 Å². The predicted octanol–water partition coefficient (Wildman–Crippen LogP) is -0.359. The van der Waals surface area contributed by atoms with Crippen LogP contribution >= 0.6 is 0 Å². The molecule has 0 saturated heterocycles. The largest absolute Gasteiger partial charge is 0.469 e. The summed E-state index contributed by atoms with van der Waals surface area (Å²) >= 11 is 0. The van der Waals surface area contributed by atoms with Gasteiger partial charge in [0.05, 0.1) is 19.6 Å². The van der Waals surface area contributed by atoms with E-state index in [0.717, 1.165) is 0 Å². The van der Waals surface area contributed by atoms with Gasteiger partial charge in [-0.25, -0.2) is 0 Å². The second kappa shape index (κ2) is 5.60. The summed E-state index contributed by atoms with van der Waals surface area (Å²) in [6, 6.07) is 2.66. The number of H-pyrrole nitrogens is 1. The van der Waals surface area contributed by atoms with Gasteiger partial charge in [-0.3, -0.25) is 9.59 Å². The summed E-state index contributed by atoms with van der Waals surface area (Å²) in [6.45, 7) is 1.60. The fourth-order valence-corrected chi connectivity index (χ4v) is 1.48. The highest BCUT2D eigenvalue weighted by Crippen LogP contribution is 2.20. The first-order valence-corrected chi connectivity index (χ1v) is 5.08. The van der Waals surface area contributed by atoms with Crippen molar-refractivity contribution in [1.82, 2.24) is 4.98 Å². The summed E-state index contributed by atoms with van der Waals surface area (Å²) < 4.78 is 4.39. The van der Waals surface area contributed by atoms with Crippen LogP contribution in [0.25, 0.3) is 0 Å². The van der Waals surface area contributed by atoms with Crippen molar-refractivity contribution in [2.45, 2.75) is 25.6 Å². The van der Waals surface area contributed by atoms with Gasteiger partial charge < -0.3 is 19.9 Å². The number of aromatic amines is 1. The molecule has 94 valence electrons. The van der Waals surface area contributed by atoms with E-state index in [1.165, 1.54) is 19.2 Å². The first kappa shape index (κ1) is 13.4. The van der Waals surface area contributed by atoms with Crippen molar-refractivity contribution >= 4 is 5.97 Å². The lowest BCUT2D eigenvalue weighted by Gasteiger charge is -2.18. The normalized spacial score (nSPS) is 14.1. The molecule has 1 aromatic heterocycles. The van der Waals surface area contributed by atoms with Crippen molar-refractivity contribution in [3.05, 3.63) is 33.7 Å². The Bertz CT molecular complexity index is 453. The zero-order valence-electron chi connectivity index (χ0n) is 9.64. The lowest BCUT2D eigenvalue weighted by Crippen LogP contribution is -2.24. The molecular formula is C11H15NO5. The van der Waals surface area contributed by atoms with Gasteiger partial charge in [0.2, 0.25) is 5.56 Å². The third kappa shape index (κ3) is 3.40. The Morgan fingerprint density at radius 3 is 2.65 bits per heavy atom. The Labute approximate surface area is 97.9 Å². The average Bonchev–Trinajstić information content (AvgIpc) is 2.28. The number of carbonyl (C=O) groups is 1. The van der Waals surface area contributed by atoms with Crippen molar-refractivity contribution in [2.75, 3.05) is 7.11 Å². The molecule has 0 aliphatic rings. The molecule has 3 N–H and O–H groups in total. The monoisotopic (exact) mass is 241 g/mol. The Hall–Kier alpha value is -1.66. The first-order valence-electron chi connectivity index (χ1n) is 5.08. The molecule has 6 nitrogen and oxygen atoms in total. The van der Waals surface area contributed by atoms with E-state index in [0.29, 0.717) is 11.3 Å². The van der Waals surface area contributed by atoms with Crippen molar-refractivity contribution < 1.29 is 19.7 Å². The average molecular weight is 241 g/mol. The number of aromatic nitrogens is 1. The minimum atomic E-state index is -1.27. The maximum atomic E-state index is 11.0. The van der Waals surface area contributed by atoms with Crippen LogP contribution in [0.4, 0.5) is 0 Å². The van der Waals surface area contributed by atoms with Gasteiger partial charge in [0.25, 0.3) is 0 Å². The molecule has 1 aromatic rings. The van der Waals surface area contributed by atoms with Gasteiger partial charge in [-0.1, -0.05) is 0 Å². The fourth-order valence-electron chi connectivity index (χ4n) is 1.48. The minimum Gasteiger partial charge on any atom is -0.469 e. The Morgan fingerprint density at radius 2 is 2.12 bits per heavy atom. The number of carbonyl (C=O) groups excluding carboxylic acids is 1. The van der Waals surface area contributed by atoms with Crippen LogP contribution < -0.4 is 5.56 Å². The number of ether oxygens (including phenoxy) is 1. The van der Waals surface area contributed by atoms with E-state index in [2.05, 4.69) is 9.72 Å². The first-order chi connectivity index (χ1) is 7.95. The lowest BCUT2D eigenvalue weighted by molar-refractivity contribution is -0.144. The maximum absolute atomic E-state index is 11.0. The number of aliphatic hydroxyl groups is 2. The molecule has 0 aliphatic carbocycles. The van der Waals surface area contributed by atoms with Gasteiger partial charge in [-0.2, -0.15) is 0 Å². The van der Waals surface area contributed by atoms with Crippen molar-refractivity contribution in [1.29, 1.82) is 0 Å². The van der Waals surface area contributed by atoms with E-state index in [4.69, 9.17) is 0 Å². The highest BCUT2D eigenvalue weighted by molar-refractivity contribution is 5.69. The third-order valence-electron chi connectivity index (χ3n) is 2.44. The quantitative estimate of drug-likeness (QED) is 0.625. The summed E-state index contributed by atoms with van der Waals surface area (Å²) in [5.74, 6) is -0.612. The second-order valence-corrected chi connectivity index (χ2v) is 3.70. The number of aliphatic hydroxyl groups excluding tert-OH is 2. The van der Waals surface area contributed by atoms with Crippen LogP contribution in [-0.2, 0) is 9.53 Å². The molecule has 17 heavy (non-hydrogen) atoms. The lowest BCUT2D eigenvalue weighted by atomic mass is 10.0. The van der Waals surface area contributed by atoms with Gasteiger partial charge >= 0.3 is 5.97 Å². The van der Waals surface area contributed by atoms with Crippen LogP contribution in [0.5, 0.6) is 0 Å². The van der Waals surface area contributed by atoms with E-state index >= 15 is 0 Å². The molecule has 0 aromatic carbocycles. The van der Waals surface area contributed by atoms with Crippen LogP contribution in [0.15, 0.2) is 16.9 Å². The van der Waals surface area contributed by atoms with Crippen LogP contribution in [0.2, 0.25) is 0 Å². The number of methoxy groups -OCH3 is 1.